The van der Waals surface area contributed by atoms with E-state index in [2.05, 4.69) is 5.32 Å². The van der Waals surface area contributed by atoms with E-state index in [9.17, 15) is 9.59 Å². The third-order valence-electron chi connectivity index (χ3n) is 2.44. The summed E-state index contributed by atoms with van der Waals surface area (Å²) in [6, 6.07) is 0.0110. The van der Waals surface area contributed by atoms with E-state index in [1.165, 1.54) is 6.92 Å². The van der Waals surface area contributed by atoms with E-state index in [0.717, 1.165) is 13.0 Å². The quantitative estimate of drug-likeness (QED) is 0.661. The Balaban J connectivity index is 2.35. The van der Waals surface area contributed by atoms with Gasteiger partial charge in [0.15, 0.2) is 0 Å². The minimum absolute atomic E-state index is 0.0403. The van der Waals surface area contributed by atoms with Gasteiger partial charge in [-0.05, 0) is 13.3 Å². The van der Waals surface area contributed by atoms with Crippen LogP contribution in [0.4, 0.5) is 0 Å². The number of hydrogen-bond donors (Lipinski definition) is 2. The number of hydrogen-bond acceptors (Lipinski definition) is 3. The third-order valence-corrected chi connectivity index (χ3v) is 2.44. The van der Waals surface area contributed by atoms with Crippen LogP contribution in [0.3, 0.4) is 0 Å². The van der Waals surface area contributed by atoms with Crippen LogP contribution in [0.25, 0.3) is 0 Å². The molecule has 1 saturated heterocycles. The topological polar surface area (TPSA) is 75.4 Å². The van der Waals surface area contributed by atoms with Crippen molar-refractivity contribution in [2.24, 2.45) is 5.73 Å². The van der Waals surface area contributed by atoms with Gasteiger partial charge in [-0.15, -0.1) is 0 Å². The van der Waals surface area contributed by atoms with Gasteiger partial charge in [-0.1, -0.05) is 0 Å². The predicted octanol–water partition coefficient (Wildman–Crippen LogP) is -0.539. The van der Waals surface area contributed by atoms with Crippen LogP contribution in [0, 0.1) is 0 Å². The molecule has 0 aromatic heterocycles. The number of rotatable bonds is 3. The lowest BCUT2D eigenvalue weighted by molar-refractivity contribution is -0.130. The highest BCUT2D eigenvalue weighted by molar-refractivity contribution is 5.77. The number of nitrogens with one attached hydrogen (secondary N) is 1. The molecule has 2 unspecified atom stereocenters. The molecule has 0 radical (unpaired) electrons. The summed E-state index contributed by atoms with van der Waals surface area (Å²) in [6.45, 7) is 4.65. The fourth-order valence-electron chi connectivity index (χ4n) is 1.80. The van der Waals surface area contributed by atoms with Gasteiger partial charge in [0.1, 0.15) is 0 Å². The lowest BCUT2D eigenvalue weighted by Gasteiger charge is -2.17. The Bertz CT molecular complexity index is 253. The molecule has 2 atom stereocenters. The van der Waals surface area contributed by atoms with Crippen LogP contribution in [0.2, 0.25) is 0 Å². The van der Waals surface area contributed by atoms with Crippen LogP contribution in [0.15, 0.2) is 0 Å². The molecule has 2 amide bonds. The average molecular weight is 213 g/mol. The second-order valence-corrected chi connectivity index (χ2v) is 4.21. The molecule has 0 aliphatic carbocycles. The Morgan fingerprint density at radius 2 is 2.27 bits per heavy atom. The van der Waals surface area contributed by atoms with E-state index in [0.29, 0.717) is 13.0 Å². The summed E-state index contributed by atoms with van der Waals surface area (Å²) in [4.78, 5) is 24.2. The van der Waals surface area contributed by atoms with E-state index in [1.54, 1.807) is 4.90 Å². The first-order valence-corrected chi connectivity index (χ1v) is 5.29. The van der Waals surface area contributed by atoms with Crippen LogP contribution in [0.5, 0.6) is 0 Å². The lowest BCUT2D eigenvalue weighted by Crippen LogP contribution is -2.38. The smallest absolute Gasteiger partial charge is 0.224 e. The zero-order chi connectivity index (χ0) is 11.4. The maximum Gasteiger partial charge on any atom is 0.224 e. The second-order valence-electron chi connectivity index (χ2n) is 4.21. The maximum atomic E-state index is 11.6. The molecule has 0 aromatic rings. The van der Waals surface area contributed by atoms with E-state index in [-0.39, 0.29) is 23.9 Å². The van der Waals surface area contributed by atoms with Crippen molar-refractivity contribution in [2.45, 2.75) is 38.8 Å². The number of amides is 2. The molecular formula is C10H19N3O2. The van der Waals surface area contributed by atoms with Crippen molar-refractivity contribution in [3.05, 3.63) is 0 Å². The molecule has 1 fully saturated rings. The van der Waals surface area contributed by atoms with Gasteiger partial charge < -0.3 is 16.0 Å². The van der Waals surface area contributed by atoms with Crippen molar-refractivity contribution >= 4 is 11.8 Å². The Morgan fingerprint density at radius 1 is 1.60 bits per heavy atom. The standard InChI is InChI=1S/C10H19N3O2/c1-7(11)5-10(15)13-4-3-9(6-13)12-8(2)14/h7,9H,3-6,11H2,1-2H3,(H,12,14). The van der Waals surface area contributed by atoms with Crippen molar-refractivity contribution in [1.29, 1.82) is 0 Å². The summed E-state index contributed by atoms with van der Waals surface area (Å²) >= 11 is 0. The van der Waals surface area contributed by atoms with Crippen molar-refractivity contribution in [3.63, 3.8) is 0 Å². The number of carbonyl (C=O) groups is 2. The summed E-state index contributed by atoms with van der Waals surface area (Å²) in [6.07, 6.45) is 1.22. The molecule has 3 N–H and O–H groups in total. The number of carbonyl (C=O) groups excluding carboxylic acids is 2. The summed E-state index contributed by atoms with van der Waals surface area (Å²) in [5.74, 6) is 0.0411. The second kappa shape index (κ2) is 5.11. The maximum absolute atomic E-state index is 11.6. The summed E-state index contributed by atoms with van der Waals surface area (Å²) in [7, 11) is 0. The molecule has 0 bridgehead atoms. The minimum atomic E-state index is -0.0997. The van der Waals surface area contributed by atoms with Gasteiger partial charge in [0, 0.05) is 38.5 Å². The largest absolute Gasteiger partial charge is 0.352 e. The molecule has 5 nitrogen and oxygen atoms in total. The van der Waals surface area contributed by atoms with Gasteiger partial charge in [0.2, 0.25) is 11.8 Å². The van der Waals surface area contributed by atoms with Gasteiger partial charge in [-0.25, -0.2) is 0 Å². The Kier molecular flexibility index (Phi) is 4.08. The monoisotopic (exact) mass is 213 g/mol. The summed E-state index contributed by atoms with van der Waals surface area (Å²) in [5.41, 5.74) is 5.56. The molecule has 0 saturated carbocycles. The third kappa shape index (κ3) is 3.87. The fourth-order valence-corrected chi connectivity index (χ4v) is 1.80. The number of likely N-dealkylation sites (tertiary alicyclic amines) is 1. The van der Waals surface area contributed by atoms with Gasteiger partial charge in [-0.2, -0.15) is 0 Å². The van der Waals surface area contributed by atoms with Gasteiger partial charge >= 0.3 is 0 Å². The van der Waals surface area contributed by atoms with Crippen LogP contribution >= 0.6 is 0 Å². The summed E-state index contributed by atoms with van der Waals surface area (Å²) < 4.78 is 0. The van der Waals surface area contributed by atoms with E-state index < -0.39 is 0 Å². The van der Waals surface area contributed by atoms with E-state index in [4.69, 9.17) is 5.73 Å². The van der Waals surface area contributed by atoms with Crippen molar-refractivity contribution in [2.75, 3.05) is 13.1 Å². The first-order chi connectivity index (χ1) is 6.99. The van der Waals surface area contributed by atoms with Crippen molar-refractivity contribution in [3.8, 4) is 0 Å². The molecule has 1 aliphatic heterocycles. The molecule has 5 heteroatoms. The van der Waals surface area contributed by atoms with Crippen LogP contribution in [-0.4, -0.2) is 41.9 Å². The Morgan fingerprint density at radius 3 is 2.80 bits per heavy atom. The van der Waals surface area contributed by atoms with Crippen LogP contribution in [0.1, 0.15) is 26.7 Å². The molecule has 0 spiro atoms. The van der Waals surface area contributed by atoms with Crippen LogP contribution in [-0.2, 0) is 9.59 Å². The molecule has 0 aromatic carbocycles. The highest BCUT2D eigenvalue weighted by atomic mass is 16.2. The van der Waals surface area contributed by atoms with Gasteiger partial charge in [-0.3, -0.25) is 9.59 Å². The Labute approximate surface area is 90.0 Å². The molecule has 1 aliphatic rings. The van der Waals surface area contributed by atoms with Gasteiger partial charge in [0.05, 0.1) is 0 Å². The highest BCUT2D eigenvalue weighted by Crippen LogP contribution is 2.10. The number of nitrogens with two attached hydrogens (primary N) is 1. The van der Waals surface area contributed by atoms with Crippen molar-refractivity contribution < 1.29 is 9.59 Å². The average Bonchev–Trinajstić information content (AvgIpc) is 2.50. The summed E-state index contributed by atoms with van der Waals surface area (Å²) in [5, 5.41) is 2.82. The first-order valence-electron chi connectivity index (χ1n) is 5.29. The predicted molar refractivity (Wildman–Crippen MR) is 57.1 cm³/mol. The van der Waals surface area contributed by atoms with E-state index in [1.807, 2.05) is 6.92 Å². The molecule has 1 rings (SSSR count). The molecule has 15 heavy (non-hydrogen) atoms. The molecule has 1 heterocycles. The highest BCUT2D eigenvalue weighted by Gasteiger charge is 2.26. The number of nitrogens with zero attached hydrogens (tertiary/aromatic N) is 1. The molecule has 86 valence electrons. The zero-order valence-corrected chi connectivity index (χ0v) is 9.32. The fraction of sp³-hybridized carbons (Fsp3) is 0.800. The van der Waals surface area contributed by atoms with Gasteiger partial charge in [0.25, 0.3) is 0 Å². The van der Waals surface area contributed by atoms with E-state index >= 15 is 0 Å². The lowest BCUT2D eigenvalue weighted by atomic mass is 10.2. The SMILES string of the molecule is CC(=O)NC1CCN(C(=O)CC(C)N)C1. The van der Waals surface area contributed by atoms with Crippen molar-refractivity contribution in [1.82, 2.24) is 10.2 Å². The van der Waals surface area contributed by atoms with Crippen LogP contribution < -0.4 is 11.1 Å². The Hall–Kier alpha value is -1.10. The minimum Gasteiger partial charge on any atom is -0.352 e. The first kappa shape index (κ1) is 12.0. The molecular weight excluding hydrogens is 194 g/mol. The normalized spacial score (nSPS) is 22.6. The zero-order valence-electron chi connectivity index (χ0n) is 9.32.